The van der Waals surface area contributed by atoms with E-state index in [4.69, 9.17) is 9.57 Å². The number of rotatable bonds is 9. The topological polar surface area (TPSA) is 94.1 Å². The number of esters is 1. The molecule has 0 saturated heterocycles. The van der Waals surface area contributed by atoms with Gasteiger partial charge in [0.25, 0.3) is 0 Å². The number of nitrogens with one attached hydrogen (secondary N) is 1. The second-order valence-electron chi connectivity index (χ2n) is 14.4. The van der Waals surface area contributed by atoms with Crippen LogP contribution in [0.2, 0.25) is 0 Å². The van der Waals surface area contributed by atoms with Crippen LogP contribution in [0.1, 0.15) is 126 Å². The molecule has 0 aromatic heterocycles. The molecule has 0 heterocycles. The SMILES string of the molecule is C=C.CC(C)C(=O)OC1CCCC1.CC(C)C(C)(C)C.CC(C)NS(=O)(=O)C1CC1.CC(C)ON=C(c1ccccc1)c1ccccc1. The first-order valence-corrected chi connectivity index (χ1v) is 19.0. The molecule has 272 valence electrons. The molecule has 0 amide bonds. The van der Waals surface area contributed by atoms with Crippen molar-refractivity contribution in [3.05, 3.63) is 84.9 Å². The molecule has 4 rings (SSSR count). The van der Waals surface area contributed by atoms with E-state index in [1.54, 1.807) is 0 Å². The first kappa shape index (κ1) is 45.0. The highest BCUT2D eigenvalue weighted by molar-refractivity contribution is 7.90. The number of nitrogens with zero attached hydrogens (tertiary/aromatic N) is 1. The fourth-order valence-electron chi connectivity index (χ4n) is 3.73. The molecular weight excluding hydrogens is 621 g/mol. The maximum Gasteiger partial charge on any atom is 0.308 e. The van der Waals surface area contributed by atoms with Crippen molar-refractivity contribution in [3.63, 3.8) is 0 Å². The average molecular weight is 687 g/mol. The summed E-state index contributed by atoms with van der Waals surface area (Å²) in [5.41, 5.74) is 3.48. The Hall–Kier alpha value is -2.97. The second kappa shape index (κ2) is 23.4. The van der Waals surface area contributed by atoms with Gasteiger partial charge in [-0.25, -0.2) is 13.1 Å². The van der Waals surface area contributed by atoms with Crippen molar-refractivity contribution in [1.29, 1.82) is 0 Å². The van der Waals surface area contributed by atoms with Gasteiger partial charge >= 0.3 is 5.97 Å². The summed E-state index contributed by atoms with van der Waals surface area (Å²) in [6, 6.07) is 20.2. The van der Waals surface area contributed by atoms with Crippen LogP contribution >= 0.6 is 0 Å². The summed E-state index contributed by atoms with van der Waals surface area (Å²) in [4.78, 5) is 16.5. The van der Waals surface area contributed by atoms with Gasteiger partial charge in [-0.1, -0.05) is 114 Å². The lowest BCUT2D eigenvalue weighted by molar-refractivity contribution is -0.152. The molecule has 2 aliphatic carbocycles. The first-order chi connectivity index (χ1) is 22.4. The second-order valence-corrected chi connectivity index (χ2v) is 16.4. The fraction of sp³-hybridized carbons (Fsp3) is 0.600. The number of oxime groups is 1. The van der Waals surface area contributed by atoms with Crippen molar-refractivity contribution in [3.8, 4) is 0 Å². The molecule has 48 heavy (non-hydrogen) atoms. The van der Waals surface area contributed by atoms with Crippen molar-refractivity contribution < 1.29 is 22.8 Å². The van der Waals surface area contributed by atoms with Crippen LogP contribution in [0.15, 0.2) is 79.0 Å². The third kappa shape index (κ3) is 20.4. The van der Waals surface area contributed by atoms with Crippen LogP contribution in [-0.4, -0.2) is 43.6 Å². The molecule has 2 aromatic rings. The van der Waals surface area contributed by atoms with E-state index in [1.165, 1.54) is 12.8 Å². The first-order valence-electron chi connectivity index (χ1n) is 17.5. The van der Waals surface area contributed by atoms with E-state index < -0.39 is 10.0 Å². The highest BCUT2D eigenvalue weighted by Gasteiger charge is 2.35. The van der Waals surface area contributed by atoms with Gasteiger partial charge in [0, 0.05) is 17.2 Å². The molecule has 0 unspecified atom stereocenters. The Morgan fingerprint density at radius 1 is 0.792 bits per heavy atom. The van der Waals surface area contributed by atoms with Crippen LogP contribution in [0, 0.1) is 17.3 Å². The van der Waals surface area contributed by atoms with E-state index in [2.05, 4.69) is 57.7 Å². The number of ether oxygens (including phenoxy) is 1. The molecule has 2 saturated carbocycles. The molecule has 0 bridgehead atoms. The minimum absolute atomic E-state index is 0.0237. The lowest BCUT2D eigenvalue weighted by Crippen LogP contribution is -2.32. The zero-order valence-electron chi connectivity index (χ0n) is 31.8. The van der Waals surface area contributed by atoms with Gasteiger partial charge in [0.1, 0.15) is 17.9 Å². The van der Waals surface area contributed by atoms with Gasteiger partial charge < -0.3 is 9.57 Å². The lowest BCUT2D eigenvalue weighted by atomic mass is 9.84. The van der Waals surface area contributed by atoms with E-state index in [0.29, 0.717) is 5.41 Å². The largest absolute Gasteiger partial charge is 0.462 e. The highest BCUT2D eigenvalue weighted by atomic mass is 32.2. The summed E-state index contributed by atoms with van der Waals surface area (Å²) in [6.07, 6.45) is 6.55. The molecule has 2 aromatic carbocycles. The minimum Gasteiger partial charge on any atom is -0.462 e. The predicted molar refractivity (Wildman–Crippen MR) is 204 cm³/mol. The van der Waals surface area contributed by atoms with E-state index in [9.17, 15) is 13.2 Å². The zero-order valence-corrected chi connectivity index (χ0v) is 32.6. The van der Waals surface area contributed by atoms with Crippen LogP contribution in [-0.2, 0) is 24.4 Å². The van der Waals surface area contributed by atoms with Crippen molar-refractivity contribution in [1.82, 2.24) is 4.72 Å². The molecule has 8 heteroatoms. The quantitative estimate of drug-likeness (QED) is 0.123. The minimum atomic E-state index is -2.94. The summed E-state index contributed by atoms with van der Waals surface area (Å²) < 4.78 is 30.0. The zero-order chi connectivity index (χ0) is 36.9. The third-order valence-corrected chi connectivity index (χ3v) is 9.75. The van der Waals surface area contributed by atoms with Gasteiger partial charge in [0.2, 0.25) is 10.0 Å². The number of hydrogen-bond acceptors (Lipinski definition) is 6. The molecule has 0 aliphatic heterocycles. The van der Waals surface area contributed by atoms with Crippen LogP contribution in [0.5, 0.6) is 0 Å². The van der Waals surface area contributed by atoms with Crippen molar-refractivity contribution in [2.24, 2.45) is 22.4 Å². The van der Waals surface area contributed by atoms with Crippen LogP contribution < -0.4 is 4.72 Å². The Morgan fingerprint density at radius 3 is 1.52 bits per heavy atom. The Morgan fingerprint density at radius 2 is 1.21 bits per heavy atom. The summed E-state index contributed by atoms with van der Waals surface area (Å²) in [6.45, 7) is 28.6. The van der Waals surface area contributed by atoms with Crippen LogP contribution in [0.25, 0.3) is 0 Å². The monoisotopic (exact) mass is 686 g/mol. The van der Waals surface area contributed by atoms with Gasteiger partial charge in [-0.3, -0.25) is 4.79 Å². The van der Waals surface area contributed by atoms with Crippen LogP contribution in [0.3, 0.4) is 0 Å². The highest BCUT2D eigenvalue weighted by Crippen LogP contribution is 2.27. The van der Waals surface area contributed by atoms with E-state index >= 15 is 0 Å². The Kier molecular flexibility index (Phi) is 21.9. The normalized spacial score (nSPS) is 14.3. The molecule has 2 fully saturated rings. The smallest absolute Gasteiger partial charge is 0.308 e. The van der Waals surface area contributed by atoms with E-state index in [-0.39, 0.29) is 35.4 Å². The summed E-state index contributed by atoms with van der Waals surface area (Å²) >= 11 is 0. The molecule has 1 N–H and O–H groups in total. The summed E-state index contributed by atoms with van der Waals surface area (Å²) in [5.74, 6) is 0.778. The maximum atomic E-state index is 11.1. The van der Waals surface area contributed by atoms with E-state index in [0.717, 1.165) is 48.4 Å². The van der Waals surface area contributed by atoms with E-state index in [1.807, 2.05) is 102 Å². The van der Waals surface area contributed by atoms with Gasteiger partial charge in [-0.05, 0) is 77.6 Å². The van der Waals surface area contributed by atoms with Crippen molar-refractivity contribution >= 4 is 21.7 Å². The maximum absolute atomic E-state index is 11.1. The number of hydrogen-bond donors (Lipinski definition) is 1. The van der Waals surface area contributed by atoms with Gasteiger partial charge in [-0.2, -0.15) is 0 Å². The average Bonchev–Trinajstić information content (AvgIpc) is 3.77. The van der Waals surface area contributed by atoms with Crippen molar-refractivity contribution in [2.75, 3.05) is 0 Å². The molecule has 2 aliphatic rings. The molecule has 0 atom stereocenters. The van der Waals surface area contributed by atoms with Crippen LogP contribution in [0.4, 0.5) is 0 Å². The predicted octanol–water partition coefficient (Wildman–Crippen LogP) is 9.96. The number of benzene rings is 2. The third-order valence-electron chi connectivity index (χ3n) is 7.60. The van der Waals surface area contributed by atoms with Gasteiger partial charge in [0.15, 0.2) is 0 Å². The Labute approximate surface area is 294 Å². The van der Waals surface area contributed by atoms with Crippen molar-refractivity contribution in [2.45, 2.75) is 138 Å². The van der Waals surface area contributed by atoms with Gasteiger partial charge in [0.05, 0.1) is 11.2 Å². The molecule has 0 spiro atoms. The number of sulfonamides is 1. The van der Waals surface area contributed by atoms with Gasteiger partial charge in [-0.15, -0.1) is 13.2 Å². The number of carbonyl (C=O) groups is 1. The standard InChI is InChI=1S/C16H17NO.C9H16O2.C7H16.C6H13NO2S.C2H4/c1-13(2)18-17-16(14-9-5-3-6-10-14)15-11-7-4-8-12-15;1-7(2)9(10)11-8-5-3-4-6-8;1-6(2)7(3,4)5;1-5(2)7-10(8,9)6-3-4-6;1-2/h3-13H,1-2H3;7-8H,3-6H2,1-2H3;6H,1-5H3;5-7H,3-4H2,1-2H3;1-2H2. The molecular formula is C40H66N2O5S. The number of carbonyl (C=O) groups excluding carboxylic acids is 1. The molecule has 7 nitrogen and oxygen atoms in total. The summed E-state index contributed by atoms with van der Waals surface area (Å²) in [7, 11) is -2.94. The Bertz CT molecular complexity index is 1220. The molecule has 0 radical (unpaired) electrons. The Balaban J connectivity index is 0.000000640. The fourth-order valence-corrected chi connectivity index (χ4v) is 5.34. The summed E-state index contributed by atoms with van der Waals surface area (Å²) in [5, 5.41) is 4.19. The lowest BCUT2D eigenvalue weighted by Gasteiger charge is -2.22.